The van der Waals surface area contributed by atoms with Crippen LogP contribution in [-0.4, -0.2) is 119 Å². The van der Waals surface area contributed by atoms with E-state index >= 15 is 0 Å². The monoisotopic (exact) mass is 934 g/mol. The van der Waals surface area contributed by atoms with Crippen molar-refractivity contribution in [3.05, 3.63) is 108 Å². The number of aromatic hydroxyl groups is 1. The summed E-state index contributed by atoms with van der Waals surface area (Å²) in [5, 5.41) is 20.9. The van der Waals surface area contributed by atoms with Crippen LogP contribution in [0, 0.1) is 0 Å². The molecule has 4 aliphatic rings. The molecule has 3 saturated heterocycles. The van der Waals surface area contributed by atoms with Crippen LogP contribution in [0.15, 0.2) is 91.1 Å². The fourth-order valence-electron chi connectivity index (χ4n) is 10.1. The summed E-state index contributed by atoms with van der Waals surface area (Å²) in [5.41, 5.74) is 11.9. The highest BCUT2D eigenvalue weighted by molar-refractivity contribution is 6.25. The molecule has 0 bridgehead atoms. The Morgan fingerprint density at radius 3 is 2.23 bits per heavy atom. The second-order valence-electron chi connectivity index (χ2n) is 18.6. The number of rotatable bonds is 18. The van der Waals surface area contributed by atoms with E-state index in [1.807, 2.05) is 25.4 Å². The maximum absolute atomic E-state index is 13.6. The average molecular weight is 935 g/mol. The van der Waals surface area contributed by atoms with Crippen molar-refractivity contribution >= 4 is 52.3 Å². The number of carbonyl (C=O) groups excluding carboxylic acids is 4. The number of amides is 4. The lowest BCUT2D eigenvalue weighted by atomic mass is 10.0. The first-order valence-corrected chi connectivity index (χ1v) is 24.5. The Morgan fingerprint density at radius 1 is 0.768 bits per heavy atom. The number of hydrogen-bond acceptors (Lipinski definition) is 14. The van der Waals surface area contributed by atoms with E-state index in [2.05, 4.69) is 60.5 Å². The van der Waals surface area contributed by atoms with E-state index < -0.39 is 29.7 Å². The molecule has 0 saturated carbocycles. The number of fused-ring (bicyclic) bond motifs is 1. The van der Waals surface area contributed by atoms with Crippen LogP contribution < -0.4 is 30.5 Å². The van der Waals surface area contributed by atoms with E-state index in [4.69, 9.17) is 15.5 Å². The highest BCUT2D eigenvalue weighted by atomic mass is 16.5. The number of nitrogens with zero attached hydrogens (tertiary/aromatic N) is 8. The molecule has 4 aliphatic heterocycles. The first-order valence-electron chi connectivity index (χ1n) is 24.5. The maximum atomic E-state index is 13.6. The summed E-state index contributed by atoms with van der Waals surface area (Å²) in [6.07, 6.45) is 13.4. The highest BCUT2D eigenvalue weighted by Crippen LogP contribution is 2.37. The maximum Gasteiger partial charge on any atom is 0.264 e. The van der Waals surface area contributed by atoms with Crippen LogP contribution in [0.4, 0.5) is 28.7 Å². The number of piperazine rings is 1. The van der Waals surface area contributed by atoms with Crippen LogP contribution in [0.1, 0.15) is 96.9 Å². The molecule has 4 N–H and O–H groups in total. The number of phenolic OH excluding ortho intramolecular Hbond substituents is 1. The van der Waals surface area contributed by atoms with Crippen molar-refractivity contribution in [2.24, 2.45) is 0 Å². The average Bonchev–Trinajstić information content (AvgIpc) is 3.62. The molecule has 6 heterocycles. The van der Waals surface area contributed by atoms with Gasteiger partial charge in [0.2, 0.25) is 11.8 Å². The minimum absolute atomic E-state index is 0.0483. The number of pyridine rings is 1. The minimum Gasteiger partial charge on any atom is -0.507 e. The van der Waals surface area contributed by atoms with Crippen LogP contribution in [0.3, 0.4) is 0 Å². The molecule has 2 aromatic heterocycles. The van der Waals surface area contributed by atoms with E-state index in [1.165, 1.54) is 49.9 Å². The van der Waals surface area contributed by atoms with Gasteiger partial charge >= 0.3 is 0 Å². The van der Waals surface area contributed by atoms with Gasteiger partial charge in [0.1, 0.15) is 29.4 Å². The number of hydrogen-bond donors (Lipinski definition) is 3. The standard InChI is InChI=1S/C53H62N10O6/c1-59(43-17-11-16-41-49(43)53(68)63(52(41)67)44-24-26-48(65)56-51(44)66)47-25-19-36(34-55-47)13-7-5-3-2-4-6-10-27-60-29-31-61(32-30-60)37-20-22-38(23-21-37)62-28-12-14-39(35-62)69-46-33-42(57-58-50(46)54)40-15-8-9-18-45(40)64/h8-9,11,15-23,25,33-34,39,44,64H,2-7,10,12-14,24,26-32,35H2,1H3,(H2,54,58)(H,56,65,66). The molecule has 0 radical (unpaired) electrons. The van der Waals surface area contributed by atoms with E-state index in [9.17, 15) is 24.3 Å². The van der Waals surface area contributed by atoms with E-state index in [-0.39, 0.29) is 41.6 Å². The zero-order valence-corrected chi connectivity index (χ0v) is 39.4. The van der Waals surface area contributed by atoms with Gasteiger partial charge in [-0.05, 0) is 105 Å². The SMILES string of the molecule is CN(c1ccc(CCCCCCCCCN2CCN(c3ccc(N4CCCC(Oc5cc(-c6ccccc6O)nnc5N)C4)cc3)CC2)cn1)c1cccc2c1C(=O)N(C1CCC(=O)NC1=O)C2=O. The third-order valence-electron chi connectivity index (χ3n) is 14.0. The molecule has 3 fully saturated rings. The summed E-state index contributed by atoms with van der Waals surface area (Å²) < 4.78 is 6.40. The fraction of sp³-hybridized carbons (Fsp3) is 0.415. The number of aryl methyl sites for hydroxylation is 1. The fourth-order valence-corrected chi connectivity index (χ4v) is 10.1. The van der Waals surface area contributed by atoms with Gasteiger partial charge in [-0.15, -0.1) is 10.2 Å². The number of ether oxygens (including phenoxy) is 1. The normalized spacial score (nSPS) is 18.7. The van der Waals surface area contributed by atoms with Crippen molar-refractivity contribution in [3.63, 3.8) is 0 Å². The minimum atomic E-state index is -1.01. The summed E-state index contributed by atoms with van der Waals surface area (Å²) in [6.45, 7) is 7.09. The summed E-state index contributed by atoms with van der Waals surface area (Å²) in [5.74, 6) is -0.592. The molecular formula is C53H62N10O6. The number of imide groups is 2. The second kappa shape index (κ2) is 21.5. The van der Waals surface area contributed by atoms with E-state index in [1.54, 1.807) is 47.4 Å². The Balaban J connectivity index is 0.641. The lowest BCUT2D eigenvalue weighted by Gasteiger charge is -2.37. The zero-order valence-electron chi connectivity index (χ0n) is 39.4. The van der Waals surface area contributed by atoms with Crippen LogP contribution >= 0.6 is 0 Å². The number of aromatic nitrogens is 3. The molecule has 0 aliphatic carbocycles. The Labute approximate surface area is 403 Å². The molecule has 0 spiro atoms. The van der Waals surface area contributed by atoms with Gasteiger partial charge in [0.05, 0.1) is 23.4 Å². The van der Waals surface area contributed by atoms with Crippen molar-refractivity contribution in [1.29, 1.82) is 0 Å². The quantitative estimate of drug-likeness (QED) is 0.0594. The molecule has 360 valence electrons. The first-order chi connectivity index (χ1) is 33.6. The molecule has 5 aromatic rings. The molecule has 69 heavy (non-hydrogen) atoms. The van der Waals surface area contributed by atoms with Crippen molar-refractivity contribution in [2.45, 2.75) is 89.2 Å². The van der Waals surface area contributed by atoms with Gasteiger partial charge in [0.15, 0.2) is 11.6 Å². The number of unbranched alkanes of at least 4 members (excludes halogenated alkanes) is 6. The molecule has 2 atom stereocenters. The van der Waals surface area contributed by atoms with Crippen molar-refractivity contribution in [1.82, 2.24) is 30.3 Å². The molecular weight excluding hydrogens is 873 g/mol. The topological polar surface area (TPSA) is 191 Å². The number of nitrogens with one attached hydrogen (secondary N) is 1. The lowest BCUT2D eigenvalue weighted by molar-refractivity contribution is -0.136. The largest absolute Gasteiger partial charge is 0.507 e. The van der Waals surface area contributed by atoms with Gasteiger partial charge in [-0.1, -0.05) is 56.4 Å². The number of nitrogens with two attached hydrogens (primary N) is 1. The Bertz CT molecular complexity index is 2640. The first kappa shape index (κ1) is 47.0. The summed E-state index contributed by atoms with van der Waals surface area (Å²) in [7, 11) is 1.81. The third-order valence-corrected chi connectivity index (χ3v) is 14.0. The zero-order chi connectivity index (χ0) is 47.9. The van der Waals surface area contributed by atoms with E-state index in [0.29, 0.717) is 28.5 Å². The predicted octanol–water partition coefficient (Wildman–Crippen LogP) is 7.14. The number of nitrogen functional groups attached to an aromatic ring is 1. The molecule has 9 rings (SSSR count). The smallest absolute Gasteiger partial charge is 0.264 e. The lowest BCUT2D eigenvalue weighted by Crippen LogP contribution is -2.54. The van der Waals surface area contributed by atoms with Crippen LogP contribution in [0.5, 0.6) is 11.5 Å². The Kier molecular flexibility index (Phi) is 14.6. The second-order valence-corrected chi connectivity index (χ2v) is 18.6. The third kappa shape index (κ3) is 10.8. The van der Waals surface area contributed by atoms with E-state index in [0.717, 1.165) is 82.0 Å². The molecule has 2 unspecified atom stereocenters. The van der Waals surface area contributed by atoms with Gasteiger partial charge in [0.25, 0.3) is 11.8 Å². The van der Waals surface area contributed by atoms with Gasteiger partial charge in [-0.2, -0.15) is 0 Å². The molecule has 4 amide bonds. The molecule has 16 heteroatoms. The number of phenols is 1. The number of carbonyl (C=O) groups is 4. The summed E-state index contributed by atoms with van der Waals surface area (Å²) >= 11 is 0. The Morgan fingerprint density at radius 2 is 1.49 bits per heavy atom. The summed E-state index contributed by atoms with van der Waals surface area (Å²) in [4.78, 5) is 66.1. The van der Waals surface area contributed by atoms with Gasteiger partial charge in [-0.3, -0.25) is 34.3 Å². The van der Waals surface area contributed by atoms with Crippen molar-refractivity contribution in [2.75, 3.05) is 73.3 Å². The highest BCUT2D eigenvalue weighted by Gasteiger charge is 2.46. The van der Waals surface area contributed by atoms with Gasteiger partial charge in [0, 0.05) is 75.4 Å². The number of para-hydroxylation sites is 1. The Hall–Kier alpha value is -7.07. The van der Waals surface area contributed by atoms with Gasteiger partial charge in [-0.25, -0.2) is 4.98 Å². The number of anilines is 5. The number of piperidine rings is 2. The van der Waals surface area contributed by atoms with Gasteiger partial charge < -0.3 is 30.3 Å². The van der Waals surface area contributed by atoms with Crippen molar-refractivity contribution < 1.29 is 29.0 Å². The predicted molar refractivity (Wildman–Crippen MR) is 266 cm³/mol. The van der Waals surface area contributed by atoms with Crippen LogP contribution in [0.2, 0.25) is 0 Å². The van der Waals surface area contributed by atoms with Crippen LogP contribution in [0.25, 0.3) is 11.3 Å². The number of benzene rings is 3. The van der Waals surface area contributed by atoms with Crippen LogP contribution in [-0.2, 0) is 16.0 Å². The summed E-state index contributed by atoms with van der Waals surface area (Å²) in [6, 6.07) is 25.9. The molecule has 16 nitrogen and oxygen atoms in total. The molecule has 3 aromatic carbocycles. The van der Waals surface area contributed by atoms with Crippen molar-refractivity contribution in [3.8, 4) is 22.8 Å².